The predicted octanol–water partition coefficient (Wildman–Crippen LogP) is 5.12. The monoisotopic (exact) mass is 486 g/mol. The molecule has 2 rings (SSSR count). The fourth-order valence-corrected chi connectivity index (χ4v) is 4.60. The van der Waals surface area contributed by atoms with E-state index in [1.165, 1.54) is 42.4 Å². The van der Waals surface area contributed by atoms with Gasteiger partial charge in [-0.15, -0.1) is 0 Å². The van der Waals surface area contributed by atoms with Gasteiger partial charge in [-0.1, -0.05) is 31.9 Å². The van der Waals surface area contributed by atoms with E-state index in [-0.39, 0.29) is 0 Å². The van der Waals surface area contributed by atoms with Crippen molar-refractivity contribution in [3.8, 4) is 23.0 Å². The zero-order valence-electron chi connectivity index (χ0n) is 22.7. The molecule has 6 heteroatoms. The molecule has 0 bridgehead atoms. The van der Waals surface area contributed by atoms with Crippen molar-refractivity contribution in [2.75, 3.05) is 54.6 Å². The molecule has 0 aliphatic rings. The molecule has 2 aromatic rings. The minimum Gasteiger partial charge on any atom is -0.493 e. The van der Waals surface area contributed by atoms with Gasteiger partial charge >= 0.3 is 0 Å². The number of unbranched alkanes of at least 4 members (excludes halogenated alkanes) is 3. The van der Waals surface area contributed by atoms with Crippen LogP contribution in [0.15, 0.2) is 24.3 Å². The van der Waals surface area contributed by atoms with Gasteiger partial charge in [0.15, 0.2) is 23.0 Å². The van der Waals surface area contributed by atoms with Gasteiger partial charge in [-0.3, -0.25) is 0 Å². The molecule has 2 N–H and O–H groups in total. The molecule has 35 heavy (non-hydrogen) atoms. The van der Waals surface area contributed by atoms with Crippen molar-refractivity contribution in [1.29, 1.82) is 0 Å². The van der Waals surface area contributed by atoms with E-state index >= 15 is 0 Å². The summed E-state index contributed by atoms with van der Waals surface area (Å²) in [6, 6.07) is 8.31. The first-order valence-electron chi connectivity index (χ1n) is 13.0. The summed E-state index contributed by atoms with van der Waals surface area (Å²) in [6.07, 6.45) is 7.91. The van der Waals surface area contributed by atoms with Crippen LogP contribution in [0.2, 0.25) is 0 Å². The van der Waals surface area contributed by atoms with E-state index in [1.807, 2.05) is 12.1 Å². The molecular weight excluding hydrogens is 440 g/mol. The van der Waals surface area contributed by atoms with E-state index in [2.05, 4.69) is 36.6 Å². The maximum Gasteiger partial charge on any atom is 0.164 e. The lowest BCUT2D eigenvalue weighted by Gasteiger charge is -2.16. The molecule has 0 radical (unpaired) electrons. The number of methoxy groups -OCH3 is 4. The number of nitrogens with one attached hydrogen (secondary N) is 2. The van der Waals surface area contributed by atoms with Gasteiger partial charge in [-0.05, 0) is 94.0 Å². The van der Waals surface area contributed by atoms with Gasteiger partial charge in [0.25, 0.3) is 0 Å². The lowest BCUT2D eigenvalue weighted by Crippen LogP contribution is -2.20. The first-order chi connectivity index (χ1) is 17.1. The maximum atomic E-state index is 5.59. The fraction of sp³-hybridized carbons (Fsp3) is 0.586. The highest BCUT2D eigenvalue weighted by atomic mass is 16.5. The van der Waals surface area contributed by atoms with Crippen molar-refractivity contribution in [1.82, 2.24) is 10.6 Å². The SMILES string of the molecule is CCc1c(CCNCCCCCCNCCc2ccc(OC)c(OC)c2C)ccc(OC)c1OC. The van der Waals surface area contributed by atoms with Crippen LogP contribution in [-0.2, 0) is 19.3 Å². The maximum absolute atomic E-state index is 5.59. The first-order valence-corrected chi connectivity index (χ1v) is 13.0. The second-order valence-electron chi connectivity index (χ2n) is 8.79. The Kier molecular flexibility index (Phi) is 13.4. The summed E-state index contributed by atoms with van der Waals surface area (Å²) in [7, 11) is 6.78. The van der Waals surface area contributed by atoms with E-state index in [0.717, 1.165) is 74.0 Å². The average Bonchev–Trinajstić information content (AvgIpc) is 2.89. The third kappa shape index (κ3) is 8.62. The van der Waals surface area contributed by atoms with Gasteiger partial charge in [0.05, 0.1) is 28.4 Å². The number of rotatable bonds is 18. The number of benzene rings is 2. The average molecular weight is 487 g/mol. The largest absolute Gasteiger partial charge is 0.493 e. The topological polar surface area (TPSA) is 61.0 Å². The summed E-state index contributed by atoms with van der Waals surface area (Å²) in [6.45, 7) is 8.37. The van der Waals surface area contributed by atoms with Crippen LogP contribution >= 0.6 is 0 Å². The van der Waals surface area contributed by atoms with Crippen molar-refractivity contribution in [2.45, 2.75) is 58.8 Å². The molecule has 0 aromatic heterocycles. The van der Waals surface area contributed by atoms with E-state index in [1.54, 1.807) is 28.4 Å². The Labute approximate surface area is 212 Å². The van der Waals surface area contributed by atoms with Crippen LogP contribution in [0.4, 0.5) is 0 Å². The lowest BCUT2D eigenvalue weighted by molar-refractivity contribution is 0.351. The Hall–Kier alpha value is -2.44. The normalized spacial score (nSPS) is 10.9. The third-order valence-electron chi connectivity index (χ3n) is 6.60. The van der Waals surface area contributed by atoms with E-state index in [0.29, 0.717) is 0 Å². The molecule has 196 valence electrons. The minimum atomic E-state index is 0.794. The predicted molar refractivity (Wildman–Crippen MR) is 145 cm³/mol. The molecule has 6 nitrogen and oxygen atoms in total. The Morgan fingerprint density at radius 3 is 1.63 bits per heavy atom. The van der Waals surface area contributed by atoms with Crippen molar-refractivity contribution >= 4 is 0 Å². The molecular formula is C29H46N2O4. The third-order valence-corrected chi connectivity index (χ3v) is 6.60. The zero-order valence-corrected chi connectivity index (χ0v) is 22.7. The van der Waals surface area contributed by atoms with Crippen LogP contribution in [0, 0.1) is 6.92 Å². The van der Waals surface area contributed by atoms with Crippen LogP contribution in [0.3, 0.4) is 0 Å². The minimum absolute atomic E-state index is 0.794. The number of hydrogen-bond acceptors (Lipinski definition) is 6. The Morgan fingerprint density at radius 2 is 1.11 bits per heavy atom. The second-order valence-corrected chi connectivity index (χ2v) is 8.79. The van der Waals surface area contributed by atoms with Crippen molar-refractivity contribution in [3.63, 3.8) is 0 Å². The van der Waals surface area contributed by atoms with Crippen LogP contribution in [-0.4, -0.2) is 54.6 Å². The zero-order chi connectivity index (χ0) is 25.5. The van der Waals surface area contributed by atoms with Gasteiger partial charge in [0.1, 0.15) is 0 Å². The Morgan fingerprint density at radius 1 is 0.600 bits per heavy atom. The fourth-order valence-electron chi connectivity index (χ4n) is 4.60. The summed E-state index contributed by atoms with van der Waals surface area (Å²) in [5.41, 5.74) is 5.06. The summed E-state index contributed by atoms with van der Waals surface area (Å²) in [5.74, 6) is 3.32. The van der Waals surface area contributed by atoms with Crippen LogP contribution < -0.4 is 29.6 Å². The molecule has 0 aliphatic heterocycles. The van der Waals surface area contributed by atoms with E-state index in [4.69, 9.17) is 18.9 Å². The van der Waals surface area contributed by atoms with Gasteiger partial charge in [0, 0.05) is 5.56 Å². The molecule has 0 spiro atoms. The second kappa shape index (κ2) is 16.3. The van der Waals surface area contributed by atoms with Crippen molar-refractivity contribution in [3.05, 3.63) is 46.5 Å². The molecule has 0 atom stereocenters. The standard InChI is InChI=1S/C29H46N2O4/c1-7-25-24(13-15-27(33-4)29(25)35-6)17-21-31-19-11-9-8-10-18-30-20-16-23-12-14-26(32-3)28(34-5)22(23)2/h12-15,30-31H,7-11,16-21H2,1-6H3. The van der Waals surface area contributed by atoms with Crippen LogP contribution in [0.1, 0.15) is 54.9 Å². The highest BCUT2D eigenvalue weighted by molar-refractivity contribution is 5.51. The first kappa shape index (κ1) is 28.8. The molecule has 0 aliphatic carbocycles. The summed E-state index contributed by atoms with van der Waals surface area (Å²) in [5, 5.41) is 7.17. The van der Waals surface area contributed by atoms with E-state index in [9.17, 15) is 0 Å². The summed E-state index contributed by atoms with van der Waals surface area (Å²) in [4.78, 5) is 0. The lowest BCUT2D eigenvalue weighted by atomic mass is 10.0. The molecule has 0 unspecified atom stereocenters. The molecule has 2 aromatic carbocycles. The molecule has 0 saturated heterocycles. The van der Waals surface area contributed by atoms with Crippen LogP contribution in [0.5, 0.6) is 23.0 Å². The Balaban J connectivity index is 1.54. The van der Waals surface area contributed by atoms with Crippen molar-refractivity contribution < 1.29 is 18.9 Å². The smallest absolute Gasteiger partial charge is 0.164 e. The molecule has 0 saturated carbocycles. The van der Waals surface area contributed by atoms with Crippen molar-refractivity contribution in [2.24, 2.45) is 0 Å². The van der Waals surface area contributed by atoms with E-state index < -0.39 is 0 Å². The number of hydrogen-bond donors (Lipinski definition) is 2. The van der Waals surface area contributed by atoms with Gasteiger partial charge in [-0.25, -0.2) is 0 Å². The highest BCUT2D eigenvalue weighted by Gasteiger charge is 2.13. The summed E-state index contributed by atoms with van der Waals surface area (Å²) >= 11 is 0. The van der Waals surface area contributed by atoms with Gasteiger partial charge < -0.3 is 29.6 Å². The van der Waals surface area contributed by atoms with Gasteiger partial charge in [0.2, 0.25) is 0 Å². The molecule has 0 fully saturated rings. The highest BCUT2D eigenvalue weighted by Crippen LogP contribution is 2.34. The van der Waals surface area contributed by atoms with Gasteiger partial charge in [-0.2, -0.15) is 0 Å². The molecule has 0 heterocycles. The Bertz CT molecular complexity index is 885. The summed E-state index contributed by atoms with van der Waals surface area (Å²) < 4.78 is 21.9. The van der Waals surface area contributed by atoms with Crippen LogP contribution in [0.25, 0.3) is 0 Å². The molecule has 0 amide bonds. The number of ether oxygens (including phenoxy) is 4. The quantitative estimate of drug-likeness (QED) is 0.285.